The first kappa shape index (κ1) is 14.3. The van der Waals surface area contributed by atoms with Crippen LogP contribution in [0.3, 0.4) is 0 Å². The Labute approximate surface area is 112 Å². The molecule has 1 saturated carbocycles. The number of nitrogens with two attached hydrogens (primary N) is 1. The maximum atomic E-state index is 13.7. The molecule has 2 N–H and O–H groups in total. The second-order valence-electron chi connectivity index (χ2n) is 5.67. The number of aryl methyl sites for hydroxylation is 1. The predicted octanol–water partition coefficient (Wildman–Crippen LogP) is 3.49. The molecule has 1 aliphatic rings. The van der Waals surface area contributed by atoms with Gasteiger partial charge in [0.2, 0.25) is 0 Å². The van der Waals surface area contributed by atoms with Gasteiger partial charge >= 0.3 is 0 Å². The molecule has 0 saturated heterocycles. The lowest BCUT2D eigenvalue weighted by molar-refractivity contribution is 0.0148. The lowest BCUT2D eigenvalue weighted by Crippen LogP contribution is -2.33. The average molecular weight is 269 g/mol. The van der Waals surface area contributed by atoms with Crippen molar-refractivity contribution in [3.05, 3.63) is 28.8 Å². The molecule has 0 spiro atoms. The molecule has 19 heavy (non-hydrogen) atoms. The number of benzene rings is 1. The first-order chi connectivity index (χ1) is 8.74. The molecule has 0 heterocycles. The molecular formula is C15H21F2NO. The first-order valence-electron chi connectivity index (χ1n) is 6.56. The number of alkyl halides is 2. The van der Waals surface area contributed by atoms with Crippen LogP contribution in [0.4, 0.5) is 8.78 Å². The number of methoxy groups -OCH3 is 1. The zero-order valence-corrected chi connectivity index (χ0v) is 11.9. The minimum atomic E-state index is -2.91. The van der Waals surface area contributed by atoms with Gasteiger partial charge in [0, 0.05) is 23.9 Å². The summed E-state index contributed by atoms with van der Waals surface area (Å²) in [6, 6.07) is 3.13. The molecule has 1 aromatic carbocycles. The van der Waals surface area contributed by atoms with Gasteiger partial charge in [-0.2, -0.15) is 0 Å². The maximum absolute atomic E-state index is 13.7. The third-order valence-electron chi connectivity index (χ3n) is 4.20. The molecule has 1 unspecified atom stereocenters. The summed E-state index contributed by atoms with van der Waals surface area (Å²) < 4.78 is 32.7. The van der Waals surface area contributed by atoms with Crippen LogP contribution in [0, 0.1) is 6.92 Å². The number of hydrogen-bond donors (Lipinski definition) is 1. The summed E-state index contributed by atoms with van der Waals surface area (Å²) in [5.74, 6) is -2.61. The number of halogens is 2. The van der Waals surface area contributed by atoms with Gasteiger partial charge in [0.15, 0.2) is 0 Å². The molecule has 1 atom stereocenters. The summed E-state index contributed by atoms with van der Waals surface area (Å²) in [5.41, 5.74) is 7.66. The highest BCUT2D eigenvalue weighted by molar-refractivity contribution is 5.54. The van der Waals surface area contributed by atoms with Crippen LogP contribution < -0.4 is 10.5 Å². The van der Waals surface area contributed by atoms with E-state index in [1.54, 1.807) is 6.07 Å². The van der Waals surface area contributed by atoms with Crippen molar-refractivity contribution in [2.75, 3.05) is 7.11 Å². The van der Waals surface area contributed by atoms with Gasteiger partial charge in [-0.3, -0.25) is 0 Å². The molecule has 0 bridgehead atoms. The number of rotatable bonds is 4. The number of ether oxygens (including phenoxy) is 1. The van der Waals surface area contributed by atoms with E-state index in [9.17, 15) is 8.78 Å². The summed E-state index contributed by atoms with van der Waals surface area (Å²) in [6.07, 6.45) is 1.86. The predicted molar refractivity (Wildman–Crippen MR) is 71.9 cm³/mol. The Hall–Kier alpha value is -1.16. The lowest BCUT2D eigenvalue weighted by atomic mass is 9.83. The molecule has 0 aliphatic heterocycles. The van der Waals surface area contributed by atoms with Crippen LogP contribution >= 0.6 is 0 Å². The smallest absolute Gasteiger partial charge is 0.274 e. The maximum Gasteiger partial charge on any atom is 0.274 e. The Bertz CT molecular complexity index is 488. The van der Waals surface area contributed by atoms with Gasteiger partial charge in [0.1, 0.15) is 5.75 Å². The van der Waals surface area contributed by atoms with Gasteiger partial charge in [-0.25, -0.2) is 8.78 Å². The fourth-order valence-electron chi connectivity index (χ4n) is 2.93. The largest absolute Gasteiger partial charge is 0.496 e. The summed E-state index contributed by atoms with van der Waals surface area (Å²) >= 11 is 0. The molecule has 4 heteroatoms. The average Bonchev–Trinajstić information content (AvgIpc) is 3.07. The third kappa shape index (κ3) is 2.22. The summed E-state index contributed by atoms with van der Waals surface area (Å²) in [7, 11) is 1.45. The Balaban J connectivity index is 2.67. The molecule has 0 amide bonds. The standard InChI is InChI=1S/C15H21F2NO/c1-9-5-6-11(14(3,16)17)13(19-4)12(9)15(7-8-15)10(2)18/h5-6,10H,7-8,18H2,1-4H3. The molecule has 1 fully saturated rings. The van der Waals surface area contributed by atoms with Gasteiger partial charge < -0.3 is 10.5 Å². The second-order valence-corrected chi connectivity index (χ2v) is 5.67. The van der Waals surface area contributed by atoms with Gasteiger partial charge in [-0.05, 0) is 38.3 Å². The zero-order valence-electron chi connectivity index (χ0n) is 11.9. The molecular weight excluding hydrogens is 248 g/mol. The van der Waals surface area contributed by atoms with Gasteiger partial charge in [0.25, 0.3) is 5.92 Å². The van der Waals surface area contributed by atoms with Crippen molar-refractivity contribution >= 4 is 0 Å². The van der Waals surface area contributed by atoms with E-state index in [4.69, 9.17) is 10.5 Å². The zero-order chi connectivity index (χ0) is 14.4. The highest BCUT2D eigenvalue weighted by atomic mass is 19.3. The van der Waals surface area contributed by atoms with Crippen molar-refractivity contribution in [1.82, 2.24) is 0 Å². The van der Waals surface area contributed by atoms with Gasteiger partial charge in [0.05, 0.1) is 12.7 Å². The normalized spacial score (nSPS) is 19.1. The molecule has 1 aromatic rings. The van der Waals surface area contributed by atoms with Crippen LogP contribution in [0.1, 0.15) is 43.4 Å². The molecule has 2 rings (SSSR count). The van der Waals surface area contributed by atoms with Crippen LogP contribution in [0.25, 0.3) is 0 Å². The minimum absolute atomic E-state index is 0.0532. The SMILES string of the molecule is COc1c(C(C)(F)F)ccc(C)c1C1(C(C)N)CC1. The van der Waals surface area contributed by atoms with E-state index < -0.39 is 5.92 Å². The highest BCUT2D eigenvalue weighted by Gasteiger charge is 2.51. The number of hydrogen-bond acceptors (Lipinski definition) is 2. The second kappa shape index (κ2) is 4.44. The van der Waals surface area contributed by atoms with Crippen LogP contribution in [0.15, 0.2) is 12.1 Å². The van der Waals surface area contributed by atoms with E-state index in [1.807, 2.05) is 13.8 Å². The van der Waals surface area contributed by atoms with Crippen LogP contribution in [0.5, 0.6) is 5.75 Å². The van der Waals surface area contributed by atoms with Crippen LogP contribution in [-0.2, 0) is 11.3 Å². The van der Waals surface area contributed by atoms with E-state index in [0.717, 1.165) is 30.9 Å². The molecule has 0 radical (unpaired) electrons. The topological polar surface area (TPSA) is 35.2 Å². The Morgan fingerprint density at radius 1 is 1.37 bits per heavy atom. The van der Waals surface area contributed by atoms with E-state index in [1.165, 1.54) is 13.2 Å². The van der Waals surface area contributed by atoms with Crippen molar-refractivity contribution in [2.24, 2.45) is 5.73 Å². The van der Waals surface area contributed by atoms with E-state index >= 15 is 0 Å². The monoisotopic (exact) mass is 269 g/mol. The van der Waals surface area contributed by atoms with Gasteiger partial charge in [-0.1, -0.05) is 6.07 Å². The summed E-state index contributed by atoms with van der Waals surface area (Å²) in [4.78, 5) is 0. The lowest BCUT2D eigenvalue weighted by Gasteiger charge is -2.27. The van der Waals surface area contributed by atoms with Crippen molar-refractivity contribution < 1.29 is 13.5 Å². The van der Waals surface area contributed by atoms with Crippen molar-refractivity contribution in [1.29, 1.82) is 0 Å². The highest BCUT2D eigenvalue weighted by Crippen LogP contribution is 2.56. The Kier molecular flexibility index (Phi) is 3.33. The molecule has 1 aliphatic carbocycles. The Morgan fingerprint density at radius 2 is 1.95 bits per heavy atom. The molecule has 106 valence electrons. The van der Waals surface area contributed by atoms with Crippen molar-refractivity contribution in [3.63, 3.8) is 0 Å². The van der Waals surface area contributed by atoms with Gasteiger partial charge in [-0.15, -0.1) is 0 Å². The van der Waals surface area contributed by atoms with E-state index in [0.29, 0.717) is 5.75 Å². The first-order valence-corrected chi connectivity index (χ1v) is 6.56. The Morgan fingerprint density at radius 3 is 2.32 bits per heavy atom. The summed E-state index contributed by atoms with van der Waals surface area (Å²) in [6.45, 7) is 4.76. The summed E-state index contributed by atoms with van der Waals surface area (Å²) in [5, 5.41) is 0. The van der Waals surface area contributed by atoms with Crippen LogP contribution in [0.2, 0.25) is 0 Å². The minimum Gasteiger partial charge on any atom is -0.496 e. The van der Waals surface area contributed by atoms with Crippen molar-refractivity contribution in [2.45, 2.75) is 51.0 Å². The third-order valence-corrected chi connectivity index (χ3v) is 4.20. The molecule has 2 nitrogen and oxygen atoms in total. The fraction of sp³-hybridized carbons (Fsp3) is 0.600. The van der Waals surface area contributed by atoms with Crippen LogP contribution in [-0.4, -0.2) is 13.2 Å². The van der Waals surface area contributed by atoms with Crippen molar-refractivity contribution in [3.8, 4) is 5.75 Å². The molecule has 0 aromatic heterocycles. The van der Waals surface area contributed by atoms with E-state index in [-0.39, 0.29) is 17.0 Å². The van der Waals surface area contributed by atoms with E-state index in [2.05, 4.69) is 0 Å². The quantitative estimate of drug-likeness (QED) is 0.908. The fourth-order valence-corrected chi connectivity index (χ4v) is 2.93.